The Bertz CT molecular complexity index is 337. The molecule has 2 N–H and O–H groups in total. The van der Waals surface area contributed by atoms with Crippen molar-refractivity contribution >= 4 is 27.4 Å². The molecular formula is C9H19N3O2S2. The normalized spacial score (nSPS) is 18.1. The molecule has 7 heteroatoms. The first-order valence-corrected chi connectivity index (χ1v) is 7.32. The average molecular weight is 265 g/mol. The van der Waals surface area contributed by atoms with Gasteiger partial charge in [0.1, 0.15) is 0 Å². The van der Waals surface area contributed by atoms with Crippen molar-refractivity contribution in [2.75, 3.05) is 26.2 Å². The van der Waals surface area contributed by atoms with Gasteiger partial charge < -0.3 is 5.73 Å². The zero-order chi connectivity index (χ0) is 12.2. The van der Waals surface area contributed by atoms with Crippen molar-refractivity contribution < 1.29 is 8.42 Å². The van der Waals surface area contributed by atoms with E-state index in [9.17, 15) is 8.42 Å². The van der Waals surface area contributed by atoms with E-state index in [2.05, 4.69) is 0 Å². The van der Waals surface area contributed by atoms with Gasteiger partial charge in [-0.3, -0.25) is 0 Å². The van der Waals surface area contributed by atoms with E-state index >= 15 is 0 Å². The largest absolute Gasteiger partial charge is 0.392 e. The number of thiocarbonyl (C=S) groups is 1. The van der Waals surface area contributed by atoms with E-state index in [1.54, 1.807) is 0 Å². The quantitative estimate of drug-likeness (QED) is 0.703. The highest BCUT2D eigenvalue weighted by Crippen LogP contribution is 2.16. The van der Waals surface area contributed by atoms with Crippen LogP contribution in [0.5, 0.6) is 0 Å². The molecule has 1 rings (SSSR count). The molecule has 0 radical (unpaired) electrons. The molecule has 0 unspecified atom stereocenters. The standard InChI is InChI=1S/C9H19N3O2S2/c1-2-5-12(8-9(10)15)16(13,14)11-6-3-4-7-11/h2-8H2,1H3,(H2,10,15). The Morgan fingerprint density at radius 1 is 1.44 bits per heavy atom. The Morgan fingerprint density at radius 3 is 2.44 bits per heavy atom. The zero-order valence-corrected chi connectivity index (χ0v) is 11.2. The van der Waals surface area contributed by atoms with Crippen molar-refractivity contribution in [2.45, 2.75) is 26.2 Å². The smallest absolute Gasteiger partial charge is 0.282 e. The van der Waals surface area contributed by atoms with E-state index in [0.29, 0.717) is 19.6 Å². The fourth-order valence-corrected chi connectivity index (χ4v) is 3.78. The molecule has 0 aromatic heterocycles. The minimum atomic E-state index is -3.36. The van der Waals surface area contributed by atoms with Gasteiger partial charge in [-0.15, -0.1) is 0 Å². The summed E-state index contributed by atoms with van der Waals surface area (Å²) in [6.07, 6.45) is 2.63. The summed E-state index contributed by atoms with van der Waals surface area (Å²) in [4.78, 5) is 0.219. The summed E-state index contributed by atoms with van der Waals surface area (Å²) in [6, 6.07) is 0. The maximum atomic E-state index is 12.2. The van der Waals surface area contributed by atoms with Gasteiger partial charge in [0.25, 0.3) is 10.2 Å². The minimum absolute atomic E-state index is 0.141. The van der Waals surface area contributed by atoms with Crippen LogP contribution in [0.15, 0.2) is 0 Å². The van der Waals surface area contributed by atoms with Crippen LogP contribution >= 0.6 is 12.2 Å². The Hall–Kier alpha value is -0.240. The van der Waals surface area contributed by atoms with Crippen LogP contribution in [-0.4, -0.2) is 48.2 Å². The minimum Gasteiger partial charge on any atom is -0.392 e. The van der Waals surface area contributed by atoms with Gasteiger partial charge in [-0.05, 0) is 19.3 Å². The fraction of sp³-hybridized carbons (Fsp3) is 0.889. The van der Waals surface area contributed by atoms with Crippen LogP contribution in [-0.2, 0) is 10.2 Å². The van der Waals surface area contributed by atoms with Gasteiger partial charge in [-0.1, -0.05) is 19.1 Å². The molecule has 1 aliphatic rings. The predicted molar refractivity (Wildman–Crippen MR) is 68.4 cm³/mol. The number of nitrogens with zero attached hydrogens (tertiary/aromatic N) is 2. The van der Waals surface area contributed by atoms with Crippen LogP contribution in [0.4, 0.5) is 0 Å². The van der Waals surface area contributed by atoms with Crippen molar-refractivity contribution in [1.82, 2.24) is 8.61 Å². The van der Waals surface area contributed by atoms with Crippen molar-refractivity contribution in [3.05, 3.63) is 0 Å². The van der Waals surface area contributed by atoms with Crippen LogP contribution in [0.1, 0.15) is 26.2 Å². The van der Waals surface area contributed by atoms with Gasteiger partial charge in [-0.2, -0.15) is 17.0 Å². The van der Waals surface area contributed by atoms with E-state index in [1.165, 1.54) is 8.61 Å². The first kappa shape index (κ1) is 13.8. The molecule has 1 saturated heterocycles. The van der Waals surface area contributed by atoms with Gasteiger partial charge >= 0.3 is 0 Å². The first-order chi connectivity index (χ1) is 7.48. The SMILES string of the molecule is CCCN(CC(N)=S)S(=O)(=O)N1CCCC1. The summed E-state index contributed by atoms with van der Waals surface area (Å²) in [5.41, 5.74) is 5.43. The summed E-state index contributed by atoms with van der Waals surface area (Å²) in [5, 5.41) is 0. The molecule has 1 heterocycles. The van der Waals surface area contributed by atoms with Crippen LogP contribution < -0.4 is 5.73 Å². The summed E-state index contributed by atoms with van der Waals surface area (Å²) in [6.45, 7) is 3.77. The lowest BCUT2D eigenvalue weighted by Crippen LogP contribution is -2.46. The van der Waals surface area contributed by atoms with Crippen molar-refractivity contribution in [1.29, 1.82) is 0 Å². The van der Waals surface area contributed by atoms with Gasteiger partial charge in [-0.25, -0.2) is 0 Å². The molecule has 0 aromatic carbocycles. The number of hydrogen-bond donors (Lipinski definition) is 1. The molecule has 0 atom stereocenters. The number of nitrogens with two attached hydrogens (primary N) is 1. The Morgan fingerprint density at radius 2 is 2.00 bits per heavy atom. The molecule has 0 amide bonds. The second-order valence-electron chi connectivity index (χ2n) is 3.91. The second-order valence-corrected chi connectivity index (χ2v) is 6.37. The molecule has 0 bridgehead atoms. The molecule has 0 aliphatic carbocycles. The van der Waals surface area contributed by atoms with E-state index < -0.39 is 10.2 Å². The lowest BCUT2D eigenvalue weighted by molar-refractivity contribution is 0.383. The fourth-order valence-electron chi connectivity index (χ4n) is 1.78. The van der Waals surface area contributed by atoms with Crippen LogP contribution in [0.25, 0.3) is 0 Å². The van der Waals surface area contributed by atoms with E-state index in [-0.39, 0.29) is 11.5 Å². The highest BCUT2D eigenvalue weighted by atomic mass is 32.2. The maximum Gasteiger partial charge on any atom is 0.282 e. The molecule has 1 fully saturated rings. The highest BCUT2D eigenvalue weighted by Gasteiger charge is 2.31. The second kappa shape index (κ2) is 5.90. The number of rotatable bonds is 6. The summed E-state index contributed by atoms with van der Waals surface area (Å²) in [5.74, 6) is 0. The third-order valence-electron chi connectivity index (χ3n) is 2.52. The summed E-state index contributed by atoms with van der Waals surface area (Å²) < 4.78 is 27.3. The highest BCUT2D eigenvalue weighted by molar-refractivity contribution is 7.87. The van der Waals surface area contributed by atoms with Gasteiger partial charge in [0.2, 0.25) is 0 Å². The molecule has 0 spiro atoms. The summed E-state index contributed by atoms with van der Waals surface area (Å²) in [7, 11) is -3.36. The van der Waals surface area contributed by atoms with Crippen molar-refractivity contribution in [2.24, 2.45) is 5.73 Å². The third kappa shape index (κ3) is 3.38. The molecule has 0 saturated carbocycles. The lowest BCUT2D eigenvalue weighted by atomic mass is 10.4. The summed E-state index contributed by atoms with van der Waals surface area (Å²) >= 11 is 4.78. The predicted octanol–water partition coefficient (Wildman–Crippen LogP) is 0.325. The Balaban J connectivity index is 2.78. The Labute approximate surface area is 103 Å². The molecule has 0 aromatic rings. The van der Waals surface area contributed by atoms with E-state index in [1.807, 2.05) is 6.92 Å². The molecule has 5 nitrogen and oxygen atoms in total. The molecule has 94 valence electrons. The molecular weight excluding hydrogens is 246 g/mol. The van der Waals surface area contributed by atoms with Gasteiger partial charge in [0.15, 0.2) is 0 Å². The van der Waals surface area contributed by atoms with Gasteiger partial charge in [0, 0.05) is 19.6 Å². The number of hydrogen-bond acceptors (Lipinski definition) is 3. The van der Waals surface area contributed by atoms with Gasteiger partial charge in [0.05, 0.1) is 11.5 Å². The average Bonchev–Trinajstić information content (AvgIpc) is 2.69. The monoisotopic (exact) mass is 265 g/mol. The van der Waals surface area contributed by atoms with E-state index in [4.69, 9.17) is 18.0 Å². The Kier molecular flexibility index (Phi) is 5.10. The molecule has 16 heavy (non-hydrogen) atoms. The topological polar surface area (TPSA) is 66.6 Å². The van der Waals surface area contributed by atoms with Crippen LogP contribution in [0, 0.1) is 0 Å². The van der Waals surface area contributed by atoms with Crippen molar-refractivity contribution in [3.8, 4) is 0 Å². The van der Waals surface area contributed by atoms with E-state index in [0.717, 1.165) is 19.3 Å². The third-order valence-corrected chi connectivity index (χ3v) is 4.63. The molecule has 1 aliphatic heterocycles. The van der Waals surface area contributed by atoms with Crippen molar-refractivity contribution in [3.63, 3.8) is 0 Å². The van der Waals surface area contributed by atoms with Crippen LogP contribution in [0.2, 0.25) is 0 Å². The lowest BCUT2D eigenvalue weighted by Gasteiger charge is -2.26. The first-order valence-electron chi connectivity index (χ1n) is 5.52. The maximum absolute atomic E-state index is 12.2. The zero-order valence-electron chi connectivity index (χ0n) is 9.55. The van der Waals surface area contributed by atoms with Crippen LogP contribution in [0.3, 0.4) is 0 Å².